The lowest BCUT2D eigenvalue weighted by Crippen LogP contribution is -1.97. The summed E-state index contributed by atoms with van der Waals surface area (Å²) < 4.78 is 11.6. The molecular formula is C24H30N2O2. The van der Waals surface area contributed by atoms with Crippen molar-refractivity contribution in [1.29, 1.82) is 0 Å². The van der Waals surface area contributed by atoms with Crippen LogP contribution in [0.4, 0.5) is 0 Å². The van der Waals surface area contributed by atoms with E-state index in [0.717, 1.165) is 29.9 Å². The molecule has 4 heteroatoms. The van der Waals surface area contributed by atoms with Crippen molar-refractivity contribution in [2.75, 3.05) is 6.61 Å². The van der Waals surface area contributed by atoms with Crippen LogP contribution in [-0.2, 0) is 0 Å². The topological polar surface area (TPSA) is 48.2 Å². The minimum absolute atomic E-state index is 0.522. The lowest BCUT2D eigenvalue weighted by atomic mass is 10.1. The highest BCUT2D eigenvalue weighted by atomic mass is 16.5. The molecule has 1 heterocycles. The fraction of sp³-hybridized carbons (Fsp3) is 0.417. The number of nitrogens with zero attached hydrogens (tertiary/aromatic N) is 2. The first-order valence-electron chi connectivity index (χ1n) is 10.5. The third-order valence-corrected chi connectivity index (χ3v) is 4.81. The summed E-state index contributed by atoms with van der Waals surface area (Å²) in [6.07, 6.45) is 10.5. The zero-order valence-corrected chi connectivity index (χ0v) is 16.8. The van der Waals surface area contributed by atoms with Crippen LogP contribution < -0.4 is 4.74 Å². The Morgan fingerprint density at radius 1 is 0.679 bits per heavy atom. The van der Waals surface area contributed by atoms with E-state index in [-0.39, 0.29) is 0 Å². The Bertz CT molecular complexity index is 797. The molecule has 3 aromatic rings. The van der Waals surface area contributed by atoms with Crippen LogP contribution in [0.2, 0.25) is 0 Å². The van der Waals surface area contributed by atoms with Gasteiger partial charge in [-0.3, -0.25) is 0 Å². The summed E-state index contributed by atoms with van der Waals surface area (Å²) in [7, 11) is 0. The first kappa shape index (κ1) is 20.1. The van der Waals surface area contributed by atoms with E-state index in [1.807, 2.05) is 54.6 Å². The van der Waals surface area contributed by atoms with Crippen molar-refractivity contribution in [3.8, 4) is 28.7 Å². The summed E-state index contributed by atoms with van der Waals surface area (Å²) in [5.74, 6) is 1.94. The van der Waals surface area contributed by atoms with Gasteiger partial charge in [-0.15, -0.1) is 10.2 Å². The lowest BCUT2D eigenvalue weighted by Gasteiger charge is -2.06. The molecule has 28 heavy (non-hydrogen) atoms. The van der Waals surface area contributed by atoms with Crippen molar-refractivity contribution >= 4 is 0 Å². The van der Waals surface area contributed by atoms with Gasteiger partial charge in [-0.2, -0.15) is 0 Å². The largest absolute Gasteiger partial charge is 0.494 e. The maximum Gasteiger partial charge on any atom is 0.248 e. The van der Waals surface area contributed by atoms with Crippen LogP contribution in [0.1, 0.15) is 58.3 Å². The lowest BCUT2D eigenvalue weighted by molar-refractivity contribution is 0.304. The summed E-state index contributed by atoms with van der Waals surface area (Å²) >= 11 is 0. The van der Waals surface area contributed by atoms with Crippen LogP contribution in [0.3, 0.4) is 0 Å². The highest BCUT2D eigenvalue weighted by molar-refractivity contribution is 5.58. The van der Waals surface area contributed by atoms with Gasteiger partial charge in [0.25, 0.3) is 0 Å². The molecule has 1 aromatic heterocycles. The van der Waals surface area contributed by atoms with Crippen LogP contribution in [0.25, 0.3) is 22.9 Å². The van der Waals surface area contributed by atoms with Gasteiger partial charge in [0.15, 0.2) is 0 Å². The van der Waals surface area contributed by atoms with Crippen LogP contribution in [0.5, 0.6) is 5.75 Å². The van der Waals surface area contributed by atoms with E-state index in [1.165, 1.54) is 44.9 Å². The molecule has 2 aromatic carbocycles. The minimum Gasteiger partial charge on any atom is -0.494 e. The van der Waals surface area contributed by atoms with E-state index in [1.54, 1.807) is 0 Å². The van der Waals surface area contributed by atoms with Crippen molar-refractivity contribution in [1.82, 2.24) is 10.2 Å². The van der Waals surface area contributed by atoms with Gasteiger partial charge in [0, 0.05) is 11.1 Å². The summed E-state index contributed by atoms with van der Waals surface area (Å²) in [5, 5.41) is 8.30. The molecule has 0 atom stereocenters. The van der Waals surface area contributed by atoms with E-state index in [2.05, 4.69) is 17.1 Å². The first-order valence-corrected chi connectivity index (χ1v) is 10.5. The third kappa shape index (κ3) is 6.22. The van der Waals surface area contributed by atoms with Crippen LogP contribution in [0.15, 0.2) is 59.0 Å². The maximum atomic E-state index is 5.85. The highest BCUT2D eigenvalue weighted by Gasteiger charge is 2.10. The Balaban J connectivity index is 1.40. The molecule has 0 bridgehead atoms. The Morgan fingerprint density at radius 2 is 1.25 bits per heavy atom. The molecule has 3 rings (SSSR count). The quantitative estimate of drug-likeness (QED) is 0.321. The number of benzene rings is 2. The number of hydrogen-bond donors (Lipinski definition) is 0. The first-order chi connectivity index (χ1) is 13.9. The van der Waals surface area contributed by atoms with Gasteiger partial charge < -0.3 is 9.15 Å². The summed E-state index contributed by atoms with van der Waals surface area (Å²) in [5.41, 5.74) is 1.82. The molecule has 0 aliphatic rings. The molecule has 0 aliphatic heterocycles. The predicted octanol–water partition coefficient (Wildman–Crippen LogP) is 6.92. The van der Waals surface area contributed by atoms with Gasteiger partial charge in [0.1, 0.15) is 5.75 Å². The average Bonchev–Trinajstić information content (AvgIpc) is 3.24. The van der Waals surface area contributed by atoms with E-state index in [4.69, 9.17) is 9.15 Å². The molecule has 0 saturated carbocycles. The van der Waals surface area contributed by atoms with E-state index < -0.39 is 0 Å². The van der Waals surface area contributed by atoms with Crippen LogP contribution in [0, 0.1) is 0 Å². The average molecular weight is 379 g/mol. The molecule has 0 unspecified atom stereocenters. The molecule has 0 fully saturated rings. The second kappa shape index (κ2) is 11.3. The fourth-order valence-corrected chi connectivity index (χ4v) is 3.16. The fourth-order valence-electron chi connectivity index (χ4n) is 3.16. The van der Waals surface area contributed by atoms with Gasteiger partial charge in [-0.25, -0.2) is 0 Å². The third-order valence-electron chi connectivity index (χ3n) is 4.81. The molecule has 0 N–H and O–H groups in total. The summed E-state index contributed by atoms with van der Waals surface area (Å²) in [6, 6.07) is 17.7. The van der Waals surface area contributed by atoms with Crippen LogP contribution in [-0.4, -0.2) is 16.8 Å². The number of ether oxygens (including phenoxy) is 1. The van der Waals surface area contributed by atoms with Gasteiger partial charge >= 0.3 is 0 Å². The Labute approximate surface area is 168 Å². The summed E-state index contributed by atoms with van der Waals surface area (Å²) in [6.45, 7) is 3.03. The number of unbranched alkanes of at least 4 members (excludes halogenated alkanes) is 7. The predicted molar refractivity (Wildman–Crippen MR) is 113 cm³/mol. The molecule has 0 spiro atoms. The Kier molecular flexibility index (Phi) is 8.10. The van der Waals surface area contributed by atoms with Gasteiger partial charge in [-0.05, 0) is 42.8 Å². The van der Waals surface area contributed by atoms with Crippen molar-refractivity contribution in [2.24, 2.45) is 0 Å². The molecule has 0 radical (unpaired) electrons. The normalized spacial score (nSPS) is 10.9. The zero-order valence-electron chi connectivity index (χ0n) is 16.8. The van der Waals surface area contributed by atoms with Crippen LogP contribution >= 0.6 is 0 Å². The van der Waals surface area contributed by atoms with Crippen molar-refractivity contribution < 1.29 is 9.15 Å². The molecule has 0 saturated heterocycles. The molecular weight excluding hydrogens is 348 g/mol. The van der Waals surface area contributed by atoms with Crippen molar-refractivity contribution in [3.63, 3.8) is 0 Å². The Hall–Kier alpha value is -2.62. The number of hydrogen-bond acceptors (Lipinski definition) is 4. The molecule has 148 valence electrons. The highest BCUT2D eigenvalue weighted by Crippen LogP contribution is 2.25. The Morgan fingerprint density at radius 3 is 1.89 bits per heavy atom. The molecule has 0 amide bonds. The second-order valence-electron chi connectivity index (χ2n) is 7.13. The van der Waals surface area contributed by atoms with E-state index in [9.17, 15) is 0 Å². The minimum atomic E-state index is 0.522. The second-order valence-corrected chi connectivity index (χ2v) is 7.13. The van der Waals surface area contributed by atoms with E-state index >= 15 is 0 Å². The molecule has 0 aliphatic carbocycles. The smallest absolute Gasteiger partial charge is 0.248 e. The molecule has 4 nitrogen and oxygen atoms in total. The summed E-state index contributed by atoms with van der Waals surface area (Å²) in [4.78, 5) is 0. The zero-order chi connectivity index (χ0) is 19.4. The monoisotopic (exact) mass is 378 g/mol. The SMILES string of the molecule is CCCCCCCCCCOc1ccc(-c2nnc(-c3ccccc3)o2)cc1. The number of aromatic nitrogens is 2. The van der Waals surface area contributed by atoms with Gasteiger partial charge in [0.2, 0.25) is 11.8 Å². The number of rotatable bonds is 12. The maximum absolute atomic E-state index is 5.85. The van der Waals surface area contributed by atoms with Gasteiger partial charge in [-0.1, -0.05) is 70.1 Å². The van der Waals surface area contributed by atoms with E-state index in [0.29, 0.717) is 11.8 Å². The van der Waals surface area contributed by atoms with Crippen molar-refractivity contribution in [2.45, 2.75) is 58.3 Å². The van der Waals surface area contributed by atoms with Gasteiger partial charge in [0.05, 0.1) is 6.61 Å². The van der Waals surface area contributed by atoms with Crippen molar-refractivity contribution in [3.05, 3.63) is 54.6 Å². The standard InChI is InChI=1S/C24H30N2O2/c1-2-3-4-5-6-7-8-12-19-27-22-17-15-21(16-18-22)24-26-25-23(28-24)20-13-10-9-11-14-20/h9-11,13-18H,2-8,12,19H2,1H3.